The number of ether oxygens (including phenoxy) is 3. The number of hydrogen-bond donors (Lipinski definition) is 0. The maximum atomic E-state index is 12.8. The molecule has 2 aromatic rings. The molecule has 2 heterocycles. The number of carbonyl (C=O) groups excluding carboxylic acids is 1. The Morgan fingerprint density at radius 3 is 2.56 bits per heavy atom. The van der Waals surface area contributed by atoms with E-state index in [-0.39, 0.29) is 6.09 Å². The minimum absolute atomic E-state index is 0.241. The molecule has 0 aromatic heterocycles. The lowest BCUT2D eigenvalue weighted by Crippen LogP contribution is -2.38. The molecule has 0 saturated heterocycles. The van der Waals surface area contributed by atoms with Gasteiger partial charge in [-0.2, -0.15) is 0 Å². The molecule has 0 fully saturated rings. The highest BCUT2D eigenvalue weighted by Gasteiger charge is 2.30. The molecule has 6 nitrogen and oxygen atoms in total. The van der Waals surface area contributed by atoms with Crippen LogP contribution < -0.4 is 9.64 Å². The zero-order valence-corrected chi connectivity index (χ0v) is 19.6. The number of hydrogen-bond acceptors (Lipinski definition) is 5. The van der Waals surface area contributed by atoms with Crippen LogP contribution in [0.2, 0.25) is 0 Å². The Hall–Kier alpha value is -2.73. The second-order valence-electron chi connectivity index (χ2n) is 9.40. The lowest BCUT2D eigenvalue weighted by molar-refractivity contribution is 0.0258. The Morgan fingerprint density at radius 1 is 1.09 bits per heavy atom. The summed E-state index contributed by atoms with van der Waals surface area (Å²) in [6.45, 7) is 9.97. The van der Waals surface area contributed by atoms with Gasteiger partial charge in [0.2, 0.25) is 0 Å². The summed E-state index contributed by atoms with van der Waals surface area (Å²) in [6.07, 6.45) is 1.32. The molecule has 0 spiro atoms. The number of rotatable bonds is 4. The van der Waals surface area contributed by atoms with Crippen LogP contribution in [0.3, 0.4) is 0 Å². The lowest BCUT2D eigenvalue weighted by Gasteiger charge is -2.35. The number of nitrogens with zero attached hydrogens (tertiary/aromatic N) is 2. The van der Waals surface area contributed by atoms with E-state index >= 15 is 0 Å². The van der Waals surface area contributed by atoms with E-state index in [1.165, 1.54) is 22.3 Å². The number of amides is 1. The Labute approximate surface area is 191 Å². The van der Waals surface area contributed by atoms with Crippen LogP contribution in [0, 0.1) is 0 Å². The number of benzene rings is 2. The van der Waals surface area contributed by atoms with Crippen molar-refractivity contribution in [2.45, 2.75) is 39.2 Å². The van der Waals surface area contributed by atoms with Gasteiger partial charge in [0.25, 0.3) is 0 Å². The summed E-state index contributed by atoms with van der Waals surface area (Å²) in [5, 5.41) is 0. The van der Waals surface area contributed by atoms with Crippen LogP contribution in [-0.2, 0) is 22.3 Å². The molecule has 32 heavy (non-hydrogen) atoms. The summed E-state index contributed by atoms with van der Waals surface area (Å²) in [5.74, 6) is 0.927. The fraction of sp³-hybridized carbons (Fsp3) is 0.500. The van der Waals surface area contributed by atoms with E-state index in [1.807, 2.05) is 31.7 Å². The van der Waals surface area contributed by atoms with Crippen molar-refractivity contribution in [3.8, 4) is 16.9 Å². The molecule has 0 unspecified atom stereocenters. The van der Waals surface area contributed by atoms with Crippen LogP contribution in [0.1, 0.15) is 31.9 Å². The smallest absolute Gasteiger partial charge is 0.410 e. The third kappa shape index (κ3) is 4.85. The molecule has 0 saturated carbocycles. The maximum Gasteiger partial charge on any atom is 0.410 e. The quantitative estimate of drug-likeness (QED) is 0.702. The van der Waals surface area contributed by atoms with E-state index in [0.717, 1.165) is 37.4 Å². The molecule has 0 N–H and O–H groups in total. The molecule has 1 amide bonds. The predicted octanol–water partition coefficient (Wildman–Crippen LogP) is 4.53. The fourth-order valence-electron chi connectivity index (χ4n) is 4.51. The first-order chi connectivity index (χ1) is 15.4. The van der Waals surface area contributed by atoms with Crippen LogP contribution in [0.4, 0.5) is 10.5 Å². The standard InChI is InChI=1S/C26H34N2O4/c1-26(2,3)32-25(29)28-12-10-20-18-22-24(27(14-16-30-4)15-17-31-22)23(21(20)11-13-28)19-8-6-5-7-9-19/h5-9,18H,10-17H2,1-4H3. The molecule has 6 heteroatoms. The van der Waals surface area contributed by atoms with Crippen LogP contribution in [-0.4, -0.2) is 63.1 Å². The minimum Gasteiger partial charge on any atom is -0.490 e. The van der Waals surface area contributed by atoms with Gasteiger partial charge in [0, 0.05) is 32.3 Å². The van der Waals surface area contributed by atoms with Gasteiger partial charge in [0.15, 0.2) is 0 Å². The molecule has 0 atom stereocenters. The van der Waals surface area contributed by atoms with Crippen molar-refractivity contribution in [1.82, 2.24) is 4.90 Å². The topological polar surface area (TPSA) is 51.2 Å². The molecule has 0 aliphatic carbocycles. The molecule has 0 radical (unpaired) electrons. The average Bonchev–Trinajstić information content (AvgIpc) is 2.98. The number of carbonyl (C=O) groups is 1. The largest absolute Gasteiger partial charge is 0.490 e. The van der Waals surface area contributed by atoms with Crippen LogP contribution >= 0.6 is 0 Å². The Bertz CT molecular complexity index is 953. The van der Waals surface area contributed by atoms with Crippen molar-refractivity contribution in [3.63, 3.8) is 0 Å². The molecule has 4 rings (SSSR count). The summed E-state index contributed by atoms with van der Waals surface area (Å²) in [6, 6.07) is 12.7. The van der Waals surface area contributed by atoms with Gasteiger partial charge in [-0.15, -0.1) is 0 Å². The SMILES string of the molecule is COCCN1CCOc2cc3c(c(-c4ccccc4)c21)CCN(C(=O)OC(C)(C)C)CC3. The first-order valence-corrected chi connectivity index (χ1v) is 11.5. The van der Waals surface area contributed by atoms with Crippen LogP contribution in [0.5, 0.6) is 5.75 Å². The highest BCUT2D eigenvalue weighted by molar-refractivity contribution is 5.87. The summed E-state index contributed by atoms with van der Waals surface area (Å²) in [5.41, 5.74) is 5.60. The number of methoxy groups -OCH3 is 1. The normalized spacial score (nSPS) is 16.0. The van der Waals surface area contributed by atoms with E-state index in [1.54, 1.807) is 7.11 Å². The molecular weight excluding hydrogens is 404 g/mol. The van der Waals surface area contributed by atoms with Crippen LogP contribution in [0.25, 0.3) is 11.1 Å². The van der Waals surface area contributed by atoms with Crippen molar-refractivity contribution in [2.75, 3.05) is 51.4 Å². The average molecular weight is 439 g/mol. The second kappa shape index (κ2) is 9.41. The van der Waals surface area contributed by atoms with Crippen LogP contribution in [0.15, 0.2) is 36.4 Å². The summed E-state index contributed by atoms with van der Waals surface area (Å²) in [4.78, 5) is 17.0. The first kappa shape index (κ1) is 22.5. The van der Waals surface area contributed by atoms with E-state index in [0.29, 0.717) is 26.3 Å². The maximum absolute atomic E-state index is 12.8. The monoisotopic (exact) mass is 438 g/mol. The van der Waals surface area contributed by atoms with Gasteiger partial charge in [-0.3, -0.25) is 0 Å². The van der Waals surface area contributed by atoms with Gasteiger partial charge < -0.3 is 24.0 Å². The highest BCUT2D eigenvalue weighted by Crippen LogP contribution is 2.45. The van der Waals surface area contributed by atoms with Gasteiger partial charge >= 0.3 is 6.09 Å². The first-order valence-electron chi connectivity index (χ1n) is 11.5. The number of fused-ring (bicyclic) bond motifs is 2. The zero-order valence-electron chi connectivity index (χ0n) is 19.6. The molecule has 2 aromatic carbocycles. The molecular formula is C26H34N2O4. The van der Waals surface area contributed by atoms with Crippen molar-refractivity contribution >= 4 is 11.8 Å². The fourth-order valence-corrected chi connectivity index (χ4v) is 4.51. The van der Waals surface area contributed by atoms with E-state index in [9.17, 15) is 4.79 Å². The summed E-state index contributed by atoms with van der Waals surface area (Å²) >= 11 is 0. The Morgan fingerprint density at radius 2 is 1.84 bits per heavy atom. The zero-order chi connectivity index (χ0) is 22.7. The lowest BCUT2D eigenvalue weighted by atomic mass is 9.89. The van der Waals surface area contributed by atoms with Crippen molar-refractivity contribution in [2.24, 2.45) is 0 Å². The van der Waals surface area contributed by atoms with E-state index in [4.69, 9.17) is 14.2 Å². The predicted molar refractivity (Wildman–Crippen MR) is 127 cm³/mol. The molecule has 2 aliphatic heterocycles. The summed E-state index contributed by atoms with van der Waals surface area (Å²) < 4.78 is 17.2. The van der Waals surface area contributed by atoms with Crippen molar-refractivity contribution < 1.29 is 19.0 Å². The number of anilines is 1. The van der Waals surface area contributed by atoms with E-state index in [2.05, 4.69) is 35.2 Å². The molecule has 0 bridgehead atoms. The molecule has 172 valence electrons. The van der Waals surface area contributed by atoms with Gasteiger partial charge in [0.1, 0.15) is 18.0 Å². The van der Waals surface area contributed by atoms with Gasteiger partial charge in [0.05, 0.1) is 18.8 Å². The van der Waals surface area contributed by atoms with Crippen molar-refractivity contribution in [1.29, 1.82) is 0 Å². The van der Waals surface area contributed by atoms with Gasteiger partial charge in [-0.1, -0.05) is 30.3 Å². The summed E-state index contributed by atoms with van der Waals surface area (Å²) in [7, 11) is 1.74. The minimum atomic E-state index is -0.500. The van der Waals surface area contributed by atoms with Gasteiger partial charge in [-0.05, 0) is 56.4 Å². The highest BCUT2D eigenvalue weighted by atomic mass is 16.6. The third-order valence-electron chi connectivity index (χ3n) is 5.96. The van der Waals surface area contributed by atoms with Crippen molar-refractivity contribution in [3.05, 3.63) is 47.5 Å². The van der Waals surface area contributed by atoms with Gasteiger partial charge in [-0.25, -0.2) is 4.79 Å². The Balaban J connectivity index is 1.75. The second-order valence-corrected chi connectivity index (χ2v) is 9.40. The Kier molecular flexibility index (Phi) is 6.60. The third-order valence-corrected chi connectivity index (χ3v) is 5.96. The molecule has 2 aliphatic rings. The van der Waals surface area contributed by atoms with E-state index < -0.39 is 5.60 Å².